The Morgan fingerprint density at radius 3 is 3.05 bits per heavy atom. The molecular weight excluding hydrogens is 252 g/mol. The van der Waals surface area contributed by atoms with E-state index in [1.54, 1.807) is 0 Å². The first kappa shape index (κ1) is 13.2. The van der Waals surface area contributed by atoms with Gasteiger partial charge >= 0.3 is 0 Å². The fourth-order valence-corrected chi connectivity index (χ4v) is 3.14. The predicted octanol–water partition coefficient (Wildman–Crippen LogP) is 1.94. The summed E-state index contributed by atoms with van der Waals surface area (Å²) in [4.78, 5) is 17.5. The van der Waals surface area contributed by atoms with E-state index in [1.165, 1.54) is 0 Å². The largest absolute Gasteiger partial charge is 0.394 e. The Morgan fingerprint density at radius 2 is 2.25 bits per heavy atom. The first-order valence-corrected chi connectivity index (χ1v) is 7.16. The lowest BCUT2D eigenvalue weighted by atomic mass is 10.0. The molecule has 1 aromatic carbocycles. The molecule has 2 atom stereocenters. The molecule has 1 aromatic heterocycles. The third-order valence-electron chi connectivity index (χ3n) is 4.41. The van der Waals surface area contributed by atoms with Gasteiger partial charge in [-0.2, -0.15) is 0 Å². The predicted molar refractivity (Wildman–Crippen MR) is 78.4 cm³/mol. The number of H-pyrrole nitrogens is 1. The molecule has 2 unspecified atom stereocenters. The summed E-state index contributed by atoms with van der Waals surface area (Å²) in [6, 6.07) is 7.99. The molecule has 0 saturated carbocycles. The standard InChI is InChI=1S/C16H20N2O2/c1-11-6-7-18(15(11)10-19)16(20)8-12-9-17-14-5-3-2-4-13(12)14/h2-5,9,11,15,17,19H,6-8,10H2,1H3. The Kier molecular flexibility index (Phi) is 3.49. The number of amides is 1. The van der Waals surface area contributed by atoms with Crippen LogP contribution < -0.4 is 0 Å². The number of nitrogens with one attached hydrogen (secondary N) is 1. The van der Waals surface area contributed by atoms with Crippen LogP contribution in [0.3, 0.4) is 0 Å². The monoisotopic (exact) mass is 272 g/mol. The van der Waals surface area contributed by atoms with Gasteiger partial charge in [-0.15, -0.1) is 0 Å². The number of carbonyl (C=O) groups excluding carboxylic acids is 1. The van der Waals surface area contributed by atoms with Gasteiger partial charge in [-0.3, -0.25) is 4.79 Å². The topological polar surface area (TPSA) is 56.3 Å². The van der Waals surface area contributed by atoms with Crippen LogP contribution in [0.15, 0.2) is 30.5 Å². The van der Waals surface area contributed by atoms with Crippen molar-refractivity contribution < 1.29 is 9.90 Å². The summed E-state index contributed by atoms with van der Waals surface area (Å²) in [5.74, 6) is 0.491. The smallest absolute Gasteiger partial charge is 0.227 e. The van der Waals surface area contributed by atoms with Gasteiger partial charge in [0.1, 0.15) is 0 Å². The number of aromatic nitrogens is 1. The number of para-hydroxylation sites is 1. The van der Waals surface area contributed by atoms with Gasteiger partial charge in [0.15, 0.2) is 0 Å². The van der Waals surface area contributed by atoms with Crippen LogP contribution in [-0.4, -0.2) is 40.1 Å². The van der Waals surface area contributed by atoms with E-state index in [2.05, 4.69) is 11.9 Å². The molecule has 3 rings (SSSR count). The molecule has 20 heavy (non-hydrogen) atoms. The number of nitrogens with zero attached hydrogens (tertiary/aromatic N) is 1. The maximum atomic E-state index is 12.5. The number of carbonyl (C=O) groups is 1. The summed E-state index contributed by atoms with van der Waals surface area (Å²) in [6.45, 7) is 2.91. The molecule has 0 aliphatic carbocycles. The summed E-state index contributed by atoms with van der Waals surface area (Å²) in [5.41, 5.74) is 2.09. The van der Waals surface area contributed by atoms with Crippen LogP contribution in [0.5, 0.6) is 0 Å². The van der Waals surface area contributed by atoms with Gasteiger partial charge in [0.25, 0.3) is 0 Å². The molecule has 1 saturated heterocycles. The molecule has 4 nitrogen and oxygen atoms in total. The van der Waals surface area contributed by atoms with E-state index in [0.29, 0.717) is 12.3 Å². The summed E-state index contributed by atoms with van der Waals surface area (Å²) < 4.78 is 0. The summed E-state index contributed by atoms with van der Waals surface area (Å²) in [6.07, 6.45) is 3.29. The van der Waals surface area contributed by atoms with Crippen molar-refractivity contribution >= 4 is 16.8 Å². The van der Waals surface area contributed by atoms with Crippen molar-refractivity contribution in [3.8, 4) is 0 Å². The van der Waals surface area contributed by atoms with E-state index >= 15 is 0 Å². The maximum Gasteiger partial charge on any atom is 0.227 e. The average Bonchev–Trinajstić information content (AvgIpc) is 3.03. The van der Waals surface area contributed by atoms with Gasteiger partial charge in [-0.25, -0.2) is 0 Å². The van der Waals surface area contributed by atoms with E-state index < -0.39 is 0 Å². The van der Waals surface area contributed by atoms with Crippen molar-refractivity contribution in [3.05, 3.63) is 36.0 Å². The number of likely N-dealkylation sites (tertiary alicyclic amines) is 1. The third kappa shape index (κ3) is 2.20. The second-order valence-electron chi connectivity index (χ2n) is 5.64. The second kappa shape index (κ2) is 5.29. The number of aromatic amines is 1. The Hall–Kier alpha value is -1.81. The summed E-state index contributed by atoms with van der Waals surface area (Å²) >= 11 is 0. The molecule has 1 fully saturated rings. The molecule has 2 aromatic rings. The quantitative estimate of drug-likeness (QED) is 0.897. The minimum atomic E-state index is -0.0206. The van der Waals surface area contributed by atoms with E-state index in [0.717, 1.165) is 29.4 Å². The van der Waals surface area contributed by atoms with Crippen molar-refractivity contribution in [1.29, 1.82) is 0 Å². The third-order valence-corrected chi connectivity index (χ3v) is 4.41. The highest BCUT2D eigenvalue weighted by Crippen LogP contribution is 2.25. The average molecular weight is 272 g/mol. The molecule has 0 radical (unpaired) electrons. The van der Waals surface area contributed by atoms with E-state index in [1.807, 2.05) is 35.4 Å². The van der Waals surface area contributed by atoms with Crippen LogP contribution in [0, 0.1) is 5.92 Å². The van der Waals surface area contributed by atoms with Crippen molar-refractivity contribution in [2.75, 3.05) is 13.2 Å². The van der Waals surface area contributed by atoms with Crippen molar-refractivity contribution in [3.63, 3.8) is 0 Å². The van der Waals surface area contributed by atoms with Crippen LogP contribution >= 0.6 is 0 Å². The molecule has 106 valence electrons. The zero-order chi connectivity index (χ0) is 14.1. The van der Waals surface area contributed by atoms with Gasteiger partial charge in [0.05, 0.1) is 19.1 Å². The minimum Gasteiger partial charge on any atom is -0.394 e. The number of fused-ring (bicyclic) bond motifs is 1. The molecule has 0 bridgehead atoms. The Balaban J connectivity index is 1.79. The molecule has 4 heteroatoms. The molecule has 2 N–H and O–H groups in total. The Morgan fingerprint density at radius 1 is 1.45 bits per heavy atom. The first-order valence-electron chi connectivity index (χ1n) is 7.16. The van der Waals surface area contributed by atoms with Gasteiger partial charge in [0, 0.05) is 23.6 Å². The van der Waals surface area contributed by atoms with E-state index in [-0.39, 0.29) is 18.6 Å². The summed E-state index contributed by atoms with van der Waals surface area (Å²) in [7, 11) is 0. The highest BCUT2D eigenvalue weighted by molar-refractivity contribution is 5.89. The molecule has 0 spiro atoms. The van der Waals surface area contributed by atoms with Crippen LogP contribution in [0.2, 0.25) is 0 Å². The number of hydrogen-bond donors (Lipinski definition) is 2. The van der Waals surface area contributed by atoms with Crippen LogP contribution in [0.25, 0.3) is 10.9 Å². The lowest BCUT2D eigenvalue weighted by Gasteiger charge is -2.25. The Labute approximate surface area is 118 Å². The van der Waals surface area contributed by atoms with Gasteiger partial charge in [-0.05, 0) is 24.0 Å². The van der Waals surface area contributed by atoms with Crippen molar-refractivity contribution in [2.45, 2.75) is 25.8 Å². The van der Waals surface area contributed by atoms with Crippen LogP contribution in [0.4, 0.5) is 0 Å². The normalized spacial score (nSPS) is 22.6. The fourth-order valence-electron chi connectivity index (χ4n) is 3.14. The van der Waals surface area contributed by atoms with Gasteiger partial charge in [-0.1, -0.05) is 25.1 Å². The lowest BCUT2D eigenvalue weighted by molar-refractivity contribution is -0.132. The van der Waals surface area contributed by atoms with Crippen LogP contribution in [0.1, 0.15) is 18.9 Å². The van der Waals surface area contributed by atoms with Crippen LogP contribution in [-0.2, 0) is 11.2 Å². The van der Waals surface area contributed by atoms with Crippen molar-refractivity contribution in [1.82, 2.24) is 9.88 Å². The lowest BCUT2D eigenvalue weighted by Crippen LogP contribution is -2.40. The number of aliphatic hydroxyl groups excluding tert-OH is 1. The van der Waals surface area contributed by atoms with Crippen molar-refractivity contribution in [2.24, 2.45) is 5.92 Å². The van der Waals surface area contributed by atoms with E-state index in [9.17, 15) is 9.90 Å². The number of aliphatic hydroxyl groups is 1. The van der Waals surface area contributed by atoms with Gasteiger partial charge < -0.3 is 15.0 Å². The maximum absolute atomic E-state index is 12.5. The number of rotatable bonds is 3. The molecule has 2 heterocycles. The first-order chi connectivity index (χ1) is 9.70. The fraction of sp³-hybridized carbons (Fsp3) is 0.438. The SMILES string of the molecule is CC1CCN(C(=O)Cc2c[nH]c3ccccc23)C1CO. The summed E-state index contributed by atoms with van der Waals surface area (Å²) in [5, 5.41) is 10.6. The minimum absolute atomic E-state index is 0.0206. The molecular formula is C16H20N2O2. The zero-order valence-corrected chi connectivity index (χ0v) is 11.7. The number of benzene rings is 1. The van der Waals surface area contributed by atoms with E-state index in [4.69, 9.17) is 0 Å². The molecule has 1 aliphatic rings. The van der Waals surface area contributed by atoms with Gasteiger partial charge in [0.2, 0.25) is 5.91 Å². The second-order valence-corrected chi connectivity index (χ2v) is 5.64. The highest BCUT2D eigenvalue weighted by Gasteiger charge is 2.33. The highest BCUT2D eigenvalue weighted by atomic mass is 16.3. The zero-order valence-electron chi connectivity index (χ0n) is 11.7. The molecule has 1 aliphatic heterocycles. The Bertz CT molecular complexity index is 620. The number of hydrogen-bond acceptors (Lipinski definition) is 2. The molecule has 1 amide bonds.